The highest BCUT2D eigenvalue weighted by atomic mass is 16.5. The van der Waals surface area contributed by atoms with E-state index in [0.29, 0.717) is 30.2 Å². The predicted molar refractivity (Wildman–Crippen MR) is 97.0 cm³/mol. The number of carbonyl (C=O) groups excluding carboxylic acids is 1. The van der Waals surface area contributed by atoms with Crippen LogP contribution in [0.25, 0.3) is 0 Å². The van der Waals surface area contributed by atoms with Crippen LogP contribution >= 0.6 is 0 Å². The lowest BCUT2D eigenvalue weighted by Crippen LogP contribution is -2.14. The van der Waals surface area contributed by atoms with E-state index >= 15 is 0 Å². The number of rotatable bonds is 9. The van der Waals surface area contributed by atoms with Crippen LogP contribution in [0.1, 0.15) is 43.5 Å². The van der Waals surface area contributed by atoms with Crippen molar-refractivity contribution in [2.75, 3.05) is 18.5 Å². The van der Waals surface area contributed by atoms with Crippen molar-refractivity contribution in [3.8, 4) is 11.5 Å². The van der Waals surface area contributed by atoms with Crippen LogP contribution in [-0.4, -0.2) is 19.1 Å². The van der Waals surface area contributed by atoms with E-state index in [2.05, 4.69) is 12.2 Å². The van der Waals surface area contributed by atoms with Crippen LogP contribution in [0, 0.1) is 0 Å². The fourth-order valence-electron chi connectivity index (χ4n) is 2.19. The molecule has 2 rings (SSSR count). The summed E-state index contributed by atoms with van der Waals surface area (Å²) in [6, 6.07) is 14.7. The molecule has 1 N–H and O–H groups in total. The fourth-order valence-corrected chi connectivity index (χ4v) is 2.19. The zero-order chi connectivity index (χ0) is 17.2. The van der Waals surface area contributed by atoms with Gasteiger partial charge in [-0.1, -0.05) is 38.5 Å². The van der Waals surface area contributed by atoms with E-state index < -0.39 is 0 Å². The number of ether oxygens (including phenoxy) is 2. The van der Waals surface area contributed by atoms with Crippen LogP contribution in [0.5, 0.6) is 11.5 Å². The molecule has 0 heterocycles. The molecule has 0 saturated carbocycles. The number of hydrogen-bond donors (Lipinski definition) is 1. The first kappa shape index (κ1) is 17.9. The third kappa shape index (κ3) is 5.30. The minimum Gasteiger partial charge on any atom is -0.494 e. The van der Waals surface area contributed by atoms with Crippen LogP contribution in [0.3, 0.4) is 0 Å². The molecule has 0 aliphatic carbocycles. The molecule has 2 aromatic carbocycles. The van der Waals surface area contributed by atoms with Gasteiger partial charge in [0, 0.05) is 11.8 Å². The number of hydrogen-bond acceptors (Lipinski definition) is 3. The van der Waals surface area contributed by atoms with Gasteiger partial charge in [-0.2, -0.15) is 0 Å². The molecule has 0 spiro atoms. The molecule has 4 nitrogen and oxygen atoms in total. The summed E-state index contributed by atoms with van der Waals surface area (Å²) >= 11 is 0. The number of amides is 1. The topological polar surface area (TPSA) is 47.6 Å². The Kier molecular flexibility index (Phi) is 7.15. The van der Waals surface area contributed by atoms with Crippen molar-refractivity contribution < 1.29 is 14.3 Å². The quantitative estimate of drug-likeness (QED) is 0.666. The summed E-state index contributed by atoms with van der Waals surface area (Å²) in [6.45, 7) is 5.43. The van der Waals surface area contributed by atoms with Crippen molar-refractivity contribution in [2.45, 2.75) is 33.1 Å². The number of nitrogens with one attached hydrogen (secondary N) is 1. The van der Waals surface area contributed by atoms with Crippen molar-refractivity contribution in [3.05, 3.63) is 54.1 Å². The minimum atomic E-state index is -0.188. The molecule has 128 valence electrons. The van der Waals surface area contributed by atoms with E-state index in [1.54, 1.807) is 6.07 Å². The Hall–Kier alpha value is -2.49. The second-order valence-electron chi connectivity index (χ2n) is 5.53. The molecule has 0 fully saturated rings. The summed E-state index contributed by atoms with van der Waals surface area (Å²) in [5.41, 5.74) is 1.24. The van der Waals surface area contributed by atoms with Crippen LogP contribution in [-0.2, 0) is 0 Å². The lowest BCUT2D eigenvalue weighted by molar-refractivity contribution is 0.102. The van der Waals surface area contributed by atoms with Gasteiger partial charge < -0.3 is 14.8 Å². The molecule has 0 atom stereocenters. The SMILES string of the molecule is CCCCOc1cccc(NC(=O)c2ccccc2OCCC)c1. The smallest absolute Gasteiger partial charge is 0.259 e. The lowest BCUT2D eigenvalue weighted by Gasteiger charge is -2.12. The largest absolute Gasteiger partial charge is 0.494 e. The van der Waals surface area contributed by atoms with Crippen LogP contribution in [0.15, 0.2) is 48.5 Å². The van der Waals surface area contributed by atoms with Gasteiger partial charge in [-0.15, -0.1) is 0 Å². The van der Waals surface area contributed by atoms with Crippen LogP contribution in [0.4, 0.5) is 5.69 Å². The lowest BCUT2D eigenvalue weighted by atomic mass is 10.2. The molecule has 0 bridgehead atoms. The zero-order valence-corrected chi connectivity index (χ0v) is 14.4. The second-order valence-corrected chi connectivity index (χ2v) is 5.53. The highest BCUT2D eigenvalue weighted by molar-refractivity contribution is 6.06. The fraction of sp³-hybridized carbons (Fsp3) is 0.350. The molecule has 0 aromatic heterocycles. The molecule has 0 unspecified atom stereocenters. The monoisotopic (exact) mass is 327 g/mol. The van der Waals surface area contributed by atoms with Crippen molar-refractivity contribution in [1.82, 2.24) is 0 Å². The van der Waals surface area contributed by atoms with Crippen molar-refractivity contribution >= 4 is 11.6 Å². The van der Waals surface area contributed by atoms with Gasteiger partial charge in [-0.3, -0.25) is 4.79 Å². The standard InChI is InChI=1S/C20H25NO3/c1-3-5-14-23-17-10-8-9-16(15-17)21-20(22)18-11-6-7-12-19(18)24-13-4-2/h6-12,15H,3-5,13-14H2,1-2H3,(H,21,22). The zero-order valence-electron chi connectivity index (χ0n) is 14.4. The highest BCUT2D eigenvalue weighted by Gasteiger charge is 2.12. The van der Waals surface area contributed by atoms with Crippen molar-refractivity contribution in [1.29, 1.82) is 0 Å². The number of para-hydroxylation sites is 1. The first-order chi connectivity index (χ1) is 11.7. The maximum atomic E-state index is 12.5. The van der Waals surface area contributed by atoms with E-state index in [1.807, 2.05) is 49.4 Å². The highest BCUT2D eigenvalue weighted by Crippen LogP contribution is 2.22. The van der Waals surface area contributed by atoms with Gasteiger partial charge >= 0.3 is 0 Å². The Morgan fingerprint density at radius 1 is 0.958 bits per heavy atom. The average molecular weight is 327 g/mol. The molecule has 1 amide bonds. The minimum absolute atomic E-state index is 0.188. The van der Waals surface area contributed by atoms with Gasteiger partial charge in [-0.25, -0.2) is 0 Å². The molecule has 0 aliphatic heterocycles. The van der Waals surface area contributed by atoms with Crippen molar-refractivity contribution in [3.63, 3.8) is 0 Å². The third-order valence-corrected chi connectivity index (χ3v) is 3.45. The summed E-state index contributed by atoms with van der Waals surface area (Å²) in [7, 11) is 0. The summed E-state index contributed by atoms with van der Waals surface area (Å²) in [4.78, 5) is 12.5. The van der Waals surface area contributed by atoms with Gasteiger partial charge in [0.1, 0.15) is 11.5 Å². The van der Waals surface area contributed by atoms with E-state index in [-0.39, 0.29) is 5.91 Å². The van der Waals surface area contributed by atoms with Gasteiger partial charge in [0.2, 0.25) is 0 Å². The second kappa shape index (κ2) is 9.60. The van der Waals surface area contributed by atoms with Crippen molar-refractivity contribution in [2.24, 2.45) is 0 Å². The Morgan fingerprint density at radius 3 is 2.58 bits per heavy atom. The van der Waals surface area contributed by atoms with E-state index in [1.165, 1.54) is 0 Å². The molecule has 0 aliphatic rings. The van der Waals surface area contributed by atoms with Crippen LogP contribution < -0.4 is 14.8 Å². The Morgan fingerprint density at radius 2 is 1.79 bits per heavy atom. The number of unbranched alkanes of at least 4 members (excludes halogenated alkanes) is 1. The Bertz CT molecular complexity index is 655. The molecular formula is C20H25NO3. The van der Waals surface area contributed by atoms with E-state index in [0.717, 1.165) is 25.0 Å². The molecule has 4 heteroatoms. The van der Waals surface area contributed by atoms with Gasteiger partial charge in [0.05, 0.1) is 18.8 Å². The average Bonchev–Trinajstić information content (AvgIpc) is 2.61. The number of carbonyl (C=O) groups is 1. The number of anilines is 1. The predicted octanol–water partition coefficient (Wildman–Crippen LogP) is 4.91. The normalized spacial score (nSPS) is 10.2. The molecule has 0 radical (unpaired) electrons. The van der Waals surface area contributed by atoms with Gasteiger partial charge in [-0.05, 0) is 37.1 Å². The third-order valence-electron chi connectivity index (χ3n) is 3.45. The number of benzene rings is 2. The molecule has 24 heavy (non-hydrogen) atoms. The van der Waals surface area contributed by atoms with Gasteiger partial charge in [0.15, 0.2) is 0 Å². The first-order valence-corrected chi connectivity index (χ1v) is 8.50. The molecular weight excluding hydrogens is 302 g/mol. The maximum absolute atomic E-state index is 12.5. The van der Waals surface area contributed by atoms with E-state index in [4.69, 9.17) is 9.47 Å². The summed E-state index contributed by atoms with van der Waals surface area (Å²) < 4.78 is 11.3. The first-order valence-electron chi connectivity index (χ1n) is 8.50. The summed E-state index contributed by atoms with van der Waals surface area (Å²) in [5.74, 6) is 1.18. The van der Waals surface area contributed by atoms with Gasteiger partial charge in [0.25, 0.3) is 5.91 Å². The summed E-state index contributed by atoms with van der Waals surface area (Å²) in [5, 5.41) is 2.91. The Balaban J connectivity index is 2.05. The maximum Gasteiger partial charge on any atom is 0.259 e. The Labute approximate surface area is 143 Å². The van der Waals surface area contributed by atoms with E-state index in [9.17, 15) is 4.79 Å². The molecule has 0 saturated heterocycles. The molecule has 2 aromatic rings. The van der Waals surface area contributed by atoms with Crippen LogP contribution in [0.2, 0.25) is 0 Å². The summed E-state index contributed by atoms with van der Waals surface area (Å²) in [6.07, 6.45) is 3.00.